The van der Waals surface area contributed by atoms with Gasteiger partial charge in [0.15, 0.2) is 11.4 Å². The second-order valence-electron chi connectivity index (χ2n) is 13.3. The molecule has 4 saturated heterocycles. The van der Waals surface area contributed by atoms with Crippen LogP contribution in [0.2, 0.25) is 0 Å². The van der Waals surface area contributed by atoms with E-state index in [-0.39, 0.29) is 24.0 Å². The number of ether oxygens (including phenoxy) is 5. The molecule has 5 aliphatic rings. The normalized spacial score (nSPS) is 38.7. The molecule has 5 heterocycles. The second-order valence-corrected chi connectivity index (χ2v) is 13.3. The maximum Gasteiger partial charge on any atom is 0.302 e. The molecule has 46 heavy (non-hydrogen) atoms. The minimum Gasteiger partial charge on any atom is -0.507 e. The molecule has 12 heteroatoms. The van der Waals surface area contributed by atoms with Gasteiger partial charge in [-0.15, -0.1) is 0 Å². The van der Waals surface area contributed by atoms with Crippen molar-refractivity contribution < 1.29 is 48.0 Å². The molecule has 5 aliphatic heterocycles. The first-order chi connectivity index (χ1) is 21.6. The highest BCUT2D eigenvalue weighted by Crippen LogP contribution is 2.52. The molecule has 0 saturated carbocycles. The molecule has 1 spiro atoms. The number of rotatable bonds is 9. The molecule has 11 atom stereocenters. The number of carbonyl (C=O) groups is 4. The molecule has 2 N–H and O–H groups in total. The SMILES string of the molecule is CNC(=O)C(C)C1C(=O)C(=C(O)C=CC(C)=CC(C)C2OC3(C)OC(C=CC34CO4)C2C)C(=O)N1C1CCC(C(C)OC(C)=O)O1. The zero-order chi connectivity index (χ0) is 33.7. The van der Waals surface area contributed by atoms with Crippen LogP contribution in [0, 0.1) is 17.8 Å². The van der Waals surface area contributed by atoms with Crippen molar-refractivity contribution in [2.45, 2.75) is 109 Å². The van der Waals surface area contributed by atoms with Crippen LogP contribution in [0.15, 0.2) is 47.3 Å². The molecule has 0 radical (unpaired) electrons. The van der Waals surface area contributed by atoms with E-state index in [1.165, 1.54) is 24.9 Å². The van der Waals surface area contributed by atoms with Crippen molar-refractivity contribution in [1.29, 1.82) is 0 Å². The van der Waals surface area contributed by atoms with E-state index >= 15 is 0 Å². The first-order valence-electron chi connectivity index (χ1n) is 16.0. The third kappa shape index (κ3) is 6.08. The van der Waals surface area contributed by atoms with Gasteiger partial charge in [-0.2, -0.15) is 0 Å². The quantitative estimate of drug-likeness (QED) is 0.0730. The van der Waals surface area contributed by atoms with E-state index in [1.54, 1.807) is 19.9 Å². The Morgan fingerprint density at radius 2 is 1.85 bits per heavy atom. The molecular formula is C34H46N2O10. The van der Waals surface area contributed by atoms with Crippen LogP contribution in [0.4, 0.5) is 0 Å². The van der Waals surface area contributed by atoms with E-state index in [0.29, 0.717) is 19.4 Å². The van der Waals surface area contributed by atoms with Gasteiger partial charge in [0, 0.05) is 25.8 Å². The van der Waals surface area contributed by atoms with E-state index in [2.05, 4.69) is 25.2 Å². The van der Waals surface area contributed by atoms with Crippen molar-refractivity contribution in [1.82, 2.24) is 10.2 Å². The minimum absolute atomic E-state index is 0.0349. The van der Waals surface area contributed by atoms with Gasteiger partial charge in [-0.05, 0) is 45.8 Å². The van der Waals surface area contributed by atoms with E-state index in [9.17, 15) is 24.3 Å². The van der Waals surface area contributed by atoms with Gasteiger partial charge in [0.05, 0.1) is 30.8 Å². The number of allylic oxidation sites excluding steroid dienone is 3. The summed E-state index contributed by atoms with van der Waals surface area (Å²) in [4.78, 5) is 52.8. The summed E-state index contributed by atoms with van der Waals surface area (Å²) >= 11 is 0. The van der Waals surface area contributed by atoms with Crippen LogP contribution in [-0.4, -0.2) is 95.3 Å². The van der Waals surface area contributed by atoms with Crippen molar-refractivity contribution in [2.75, 3.05) is 13.7 Å². The Balaban J connectivity index is 1.35. The summed E-state index contributed by atoms with van der Waals surface area (Å²) in [6.45, 7) is 13.0. The molecule has 2 amide bonds. The van der Waals surface area contributed by atoms with Crippen molar-refractivity contribution in [3.8, 4) is 0 Å². The summed E-state index contributed by atoms with van der Waals surface area (Å²) < 4.78 is 29.8. The number of carbonyl (C=O) groups excluding carboxylic acids is 4. The van der Waals surface area contributed by atoms with Crippen LogP contribution >= 0.6 is 0 Å². The van der Waals surface area contributed by atoms with Gasteiger partial charge < -0.3 is 39.0 Å². The molecule has 5 rings (SSSR count). The number of likely N-dealkylation sites (tertiary alicyclic amines) is 1. The fourth-order valence-corrected chi connectivity index (χ4v) is 7.20. The average molecular weight is 643 g/mol. The maximum atomic E-state index is 13.8. The molecule has 252 valence electrons. The Labute approximate surface area is 269 Å². The molecule has 0 aliphatic carbocycles. The number of hydrogen-bond donors (Lipinski definition) is 2. The Morgan fingerprint density at radius 3 is 2.48 bits per heavy atom. The number of Topliss-reactive ketones (excluding diaryl/α,β-unsaturated/α-hetero) is 1. The topological polar surface area (TPSA) is 153 Å². The third-order valence-electron chi connectivity index (χ3n) is 9.95. The van der Waals surface area contributed by atoms with Crippen LogP contribution in [0.3, 0.4) is 0 Å². The fraction of sp³-hybridized carbons (Fsp3) is 0.647. The molecule has 12 nitrogen and oxygen atoms in total. The molecule has 0 aromatic carbocycles. The van der Waals surface area contributed by atoms with Crippen LogP contribution in [-0.2, 0) is 42.9 Å². The lowest BCUT2D eigenvalue weighted by Crippen LogP contribution is -2.61. The number of aliphatic hydroxyl groups excluding tert-OH is 1. The van der Waals surface area contributed by atoms with Gasteiger partial charge >= 0.3 is 5.97 Å². The lowest BCUT2D eigenvalue weighted by Gasteiger charge is -2.51. The summed E-state index contributed by atoms with van der Waals surface area (Å²) in [7, 11) is 1.45. The third-order valence-corrected chi connectivity index (χ3v) is 9.95. The number of aliphatic hydroxyl groups is 1. The Kier molecular flexibility index (Phi) is 9.40. The van der Waals surface area contributed by atoms with Crippen LogP contribution in [0.5, 0.6) is 0 Å². The summed E-state index contributed by atoms with van der Waals surface area (Å²) in [5.74, 6) is -4.51. The first kappa shape index (κ1) is 34.0. The van der Waals surface area contributed by atoms with E-state index in [0.717, 1.165) is 5.57 Å². The second kappa shape index (κ2) is 12.7. The smallest absolute Gasteiger partial charge is 0.302 e. The van der Waals surface area contributed by atoms with Crippen LogP contribution in [0.25, 0.3) is 0 Å². The standard InChI is InChI=1S/C34H46N2O10/c1-17(15-18(2)30-19(3)24-13-14-34(16-42-34)33(7,45-24)46-30)9-10-23(38)27-29(39)28(20(4)31(40)35-8)36(32(27)41)26-12-11-25(44-26)21(5)43-22(6)37/h9-10,13-15,18-21,24-26,28,30,38H,11-12,16H2,1-8H3,(H,35,40). The van der Waals surface area contributed by atoms with E-state index in [1.807, 2.05) is 26.0 Å². The van der Waals surface area contributed by atoms with Gasteiger partial charge in [0.25, 0.3) is 5.91 Å². The number of nitrogens with zero attached hydrogens (tertiary/aromatic N) is 1. The highest BCUT2D eigenvalue weighted by Gasteiger charge is 2.66. The summed E-state index contributed by atoms with van der Waals surface area (Å²) in [5, 5.41) is 13.6. The number of esters is 1. The van der Waals surface area contributed by atoms with Gasteiger partial charge in [-0.25, -0.2) is 0 Å². The number of amides is 2. The number of nitrogens with one attached hydrogen (secondary N) is 1. The number of epoxide rings is 1. The first-order valence-corrected chi connectivity index (χ1v) is 16.0. The lowest BCUT2D eigenvalue weighted by molar-refractivity contribution is -0.346. The molecule has 4 fully saturated rings. The maximum absolute atomic E-state index is 13.8. The van der Waals surface area contributed by atoms with E-state index < -0.39 is 76.7 Å². The largest absolute Gasteiger partial charge is 0.507 e. The highest BCUT2D eigenvalue weighted by atomic mass is 16.8. The Hall–Kier alpha value is -3.32. The van der Waals surface area contributed by atoms with Crippen molar-refractivity contribution in [3.05, 3.63) is 47.3 Å². The van der Waals surface area contributed by atoms with Gasteiger partial charge in [0.2, 0.25) is 11.7 Å². The van der Waals surface area contributed by atoms with Crippen molar-refractivity contribution >= 4 is 23.6 Å². The van der Waals surface area contributed by atoms with Gasteiger partial charge in [-0.3, -0.25) is 19.2 Å². The monoisotopic (exact) mass is 642 g/mol. The summed E-state index contributed by atoms with van der Waals surface area (Å²) in [5.41, 5.74) is -0.164. The number of fused-ring (bicyclic) bond motifs is 3. The highest BCUT2D eigenvalue weighted by molar-refractivity contribution is 6.27. The fourth-order valence-electron chi connectivity index (χ4n) is 7.20. The molecular weight excluding hydrogens is 596 g/mol. The van der Waals surface area contributed by atoms with Crippen LogP contribution < -0.4 is 5.32 Å². The molecule has 2 bridgehead atoms. The summed E-state index contributed by atoms with van der Waals surface area (Å²) in [6, 6.07) is -1.18. The van der Waals surface area contributed by atoms with E-state index in [4.69, 9.17) is 23.7 Å². The zero-order valence-electron chi connectivity index (χ0n) is 27.8. The Morgan fingerprint density at radius 1 is 1.15 bits per heavy atom. The zero-order valence-corrected chi connectivity index (χ0v) is 27.8. The molecule has 0 aromatic heterocycles. The van der Waals surface area contributed by atoms with Crippen LogP contribution in [0.1, 0.15) is 61.3 Å². The summed E-state index contributed by atoms with van der Waals surface area (Å²) in [6.07, 6.45) is 7.76. The van der Waals surface area contributed by atoms with Crippen molar-refractivity contribution in [2.24, 2.45) is 17.8 Å². The predicted octanol–water partition coefficient (Wildman–Crippen LogP) is 3.03. The van der Waals surface area contributed by atoms with Gasteiger partial charge in [-0.1, -0.05) is 44.6 Å². The molecule has 0 aromatic rings. The predicted molar refractivity (Wildman–Crippen MR) is 165 cm³/mol. The Bertz CT molecular complexity index is 1400. The number of ketones is 1. The minimum atomic E-state index is -1.18. The average Bonchev–Trinajstić information content (AvgIpc) is 3.55. The van der Waals surface area contributed by atoms with Gasteiger partial charge in [0.1, 0.15) is 29.7 Å². The lowest BCUT2D eigenvalue weighted by atomic mass is 9.82. The molecule has 11 unspecified atom stereocenters. The number of hydrogen-bond acceptors (Lipinski definition) is 10. The van der Waals surface area contributed by atoms with Crippen molar-refractivity contribution in [3.63, 3.8) is 0 Å².